The van der Waals surface area contributed by atoms with Crippen molar-refractivity contribution >= 4 is 17.5 Å². The second kappa shape index (κ2) is 7.35. The van der Waals surface area contributed by atoms with E-state index in [0.29, 0.717) is 23.3 Å². The van der Waals surface area contributed by atoms with Crippen LogP contribution in [0.5, 0.6) is 0 Å². The molecular formula is C18H32ClNO. The number of amides is 1. The van der Waals surface area contributed by atoms with Crippen LogP contribution >= 0.6 is 11.6 Å². The Hall–Kier alpha value is -0.240. The molecule has 21 heavy (non-hydrogen) atoms. The van der Waals surface area contributed by atoms with Gasteiger partial charge in [0.1, 0.15) is 0 Å². The monoisotopic (exact) mass is 313 g/mol. The highest BCUT2D eigenvalue weighted by Gasteiger charge is 2.36. The van der Waals surface area contributed by atoms with Crippen LogP contribution in [0.1, 0.15) is 72.1 Å². The van der Waals surface area contributed by atoms with E-state index in [-0.39, 0.29) is 0 Å². The average molecular weight is 314 g/mol. The number of alkyl halides is 1. The quantitative estimate of drug-likeness (QED) is 0.679. The third kappa shape index (κ3) is 4.37. The Bertz CT molecular complexity index is 342. The lowest BCUT2D eigenvalue weighted by molar-refractivity contribution is -0.138. The molecule has 2 aliphatic rings. The van der Waals surface area contributed by atoms with Crippen molar-refractivity contribution < 1.29 is 4.79 Å². The molecule has 1 atom stereocenters. The lowest BCUT2D eigenvalue weighted by Crippen LogP contribution is -2.41. The topological polar surface area (TPSA) is 20.3 Å². The number of rotatable bonds is 4. The number of nitrogens with zero attached hydrogens (tertiary/aromatic N) is 1. The van der Waals surface area contributed by atoms with E-state index in [1.165, 1.54) is 25.7 Å². The molecule has 1 amide bonds. The minimum Gasteiger partial charge on any atom is -0.339 e. The summed E-state index contributed by atoms with van der Waals surface area (Å²) < 4.78 is 0. The first kappa shape index (κ1) is 17.1. The van der Waals surface area contributed by atoms with Crippen LogP contribution in [0.15, 0.2) is 0 Å². The van der Waals surface area contributed by atoms with Crippen LogP contribution in [0.3, 0.4) is 0 Å². The highest BCUT2D eigenvalue weighted by atomic mass is 35.5. The van der Waals surface area contributed by atoms with Gasteiger partial charge >= 0.3 is 0 Å². The number of hydrogen-bond acceptors (Lipinski definition) is 1. The molecule has 0 aromatic heterocycles. The smallest absolute Gasteiger partial charge is 0.225 e. The minimum atomic E-state index is 0.292. The van der Waals surface area contributed by atoms with E-state index >= 15 is 0 Å². The molecule has 0 aromatic rings. The summed E-state index contributed by atoms with van der Waals surface area (Å²) in [7, 11) is 0. The number of carbonyl (C=O) groups excluding carboxylic acids is 1. The van der Waals surface area contributed by atoms with Gasteiger partial charge in [0.2, 0.25) is 5.91 Å². The van der Waals surface area contributed by atoms with Crippen LogP contribution in [0.25, 0.3) is 0 Å². The van der Waals surface area contributed by atoms with Crippen molar-refractivity contribution in [2.75, 3.05) is 12.4 Å². The molecule has 1 saturated heterocycles. The minimum absolute atomic E-state index is 0.292. The van der Waals surface area contributed by atoms with E-state index in [9.17, 15) is 4.79 Å². The second-order valence-electron chi connectivity index (χ2n) is 8.07. The van der Waals surface area contributed by atoms with Crippen LogP contribution < -0.4 is 0 Å². The maximum absolute atomic E-state index is 12.8. The van der Waals surface area contributed by atoms with Gasteiger partial charge in [0.25, 0.3) is 0 Å². The largest absolute Gasteiger partial charge is 0.339 e. The summed E-state index contributed by atoms with van der Waals surface area (Å²) in [5, 5.41) is 0. The lowest BCUT2D eigenvalue weighted by atomic mass is 9.69. The Kier molecular flexibility index (Phi) is 5.99. The molecule has 1 unspecified atom stereocenters. The van der Waals surface area contributed by atoms with Gasteiger partial charge in [-0.3, -0.25) is 4.79 Å². The third-order valence-corrected chi connectivity index (χ3v) is 5.90. The van der Waals surface area contributed by atoms with Crippen LogP contribution in [0, 0.1) is 17.3 Å². The van der Waals surface area contributed by atoms with Crippen LogP contribution in [0.2, 0.25) is 0 Å². The molecule has 1 aliphatic heterocycles. The molecule has 1 saturated carbocycles. The molecular weight excluding hydrogens is 282 g/mol. The van der Waals surface area contributed by atoms with Crippen molar-refractivity contribution in [3.63, 3.8) is 0 Å². The predicted octanol–water partition coefficient (Wildman–Crippen LogP) is 4.85. The zero-order valence-corrected chi connectivity index (χ0v) is 14.8. The van der Waals surface area contributed by atoms with Gasteiger partial charge in [-0.15, -0.1) is 11.6 Å². The molecule has 0 spiro atoms. The van der Waals surface area contributed by atoms with Gasteiger partial charge in [-0.05, 0) is 62.7 Å². The fourth-order valence-corrected chi connectivity index (χ4v) is 4.33. The molecule has 2 fully saturated rings. The maximum Gasteiger partial charge on any atom is 0.225 e. The van der Waals surface area contributed by atoms with Gasteiger partial charge < -0.3 is 4.90 Å². The Balaban J connectivity index is 1.86. The Morgan fingerprint density at radius 2 is 1.81 bits per heavy atom. The summed E-state index contributed by atoms with van der Waals surface area (Å²) in [6, 6.07) is 0.469. The van der Waals surface area contributed by atoms with Gasteiger partial charge in [-0.1, -0.05) is 20.8 Å². The van der Waals surface area contributed by atoms with Crippen LogP contribution in [0.4, 0.5) is 0 Å². The van der Waals surface area contributed by atoms with E-state index in [1.54, 1.807) is 0 Å². The van der Waals surface area contributed by atoms with Gasteiger partial charge in [-0.25, -0.2) is 0 Å². The third-order valence-electron chi connectivity index (χ3n) is 5.63. The van der Waals surface area contributed by atoms with Crippen molar-refractivity contribution in [3.05, 3.63) is 0 Å². The van der Waals surface area contributed by atoms with Gasteiger partial charge in [0, 0.05) is 24.4 Å². The summed E-state index contributed by atoms with van der Waals surface area (Å²) in [4.78, 5) is 15.0. The summed E-state index contributed by atoms with van der Waals surface area (Å²) in [6.07, 6.45) is 9.12. The highest BCUT2D eigenvalue weighted by molar-refractivity contribution is 6.17. The number of halogens is 1. The van der Waals surface area contributed by atoms with E-state index in [0.717, 1.165) is 44.0 Å². The zero-order chi connectivity index (χ0) is 15.5. The van der Waals surface area contributed by atoms with Gasteiger partial charge in [-0.2, -0.15) is 0 Å². The lowest BCUT2D eigenvalue weighted by Gasteiger charge is -2.38. The van der Waals surface area contributed by atoms with Crippen molar-refractivity contribution in [3.8, 4) is 0 Å². The first-order valence-corrected chi connectivity index (χ1v) is 9.33. The summed E-state index contributed by atoms with van der Waals surface area (Å²) in [5.41, 5.74) is 0.393. The predicted molar refractivity (Wildman–Crippen MR) is 89.6 cm³/mol. The molecule has 2 rings (SSSR count). The SMILES string of the molecule is CC(C)(C)C1CCC(C(=O)N2CCCC2CCCCl)CC1. The van der Waals surface area contributed by atoms with E-state index in [4.69, 9.17) is 11.6 Å². The Labute approximate surface area is 135 Å². The molecule has 2 nitrogen and oxygen atoms in total. The van der Waals surface area contributed by atoms with Crippen molar-refractivity contribution in [1.82, 2.24) is 4.90 Å². The first-order valence-electron chi connectivity index (χ1n) is 8.80. The summed E-state index contributed by atoms with van der Waals surface area (Å²) in [6.45, 7) is 7.98. The molecule has 0 aromatic carbocycles. The Morgan fingerprint density at radius 1 is 1.14 bits per heavy atom. The molecule has 0 N–H and O–H groups in total. The van der Waals surface area contributed by atoms with E-state index in [1.807, 2.05) is 0 Å². The van der Waals surface area contributed by atoms with E-state index in [2.05, 4.69) is 25.7 Å². The fraction of sp³-hybridized carbons (Fsp3) is 0.944. The molecule has 1 heterocycles. The fourth-order valence-electron chi connectivity index (χ4n) is 4.18. The maximum atomic E-state index is 12.8. The zero-order valence-electron chi connectivity index (χ0n) is 14.0. The number of likely N-dealkylation sites (tertiary alicyclic amines) is 1. The normalized spacial score (nSPS) is 30.7. The standard InChI is InChI=1S/C18H32ClNO/c1-18(2,3)15-10-8-14(9-11-15)17(21)20-13-5-7-16(20)6-4-12-19/h14-16H,4-13H2,1-3H3. The number of hydrogen-bond donors (Lipinski definition) is 0. The van der Waals surface area contributed by atoms with Gasteiger partial charge in [0.15, 0.2) is 0 Å². The highest BCUT2D eigenvalue weighted by Crippen LogP contribution is 2.40. The van der Waals surface area contributed by atoms with Crippen molar-refractivity contribution in [2.24, 2.45) is 17.3 Å². The average Bonchev–Trinajstić information content (AvgIpc) is 2.92. The van der Waals surface area contributed by atoms with E-state index < -0.39 is 0 Å². The number of carbonyl (C=O) groups is 1. The first-order chi connectivity index (χ1) is 9.93. The molecule has 1 aliphatic carbocycles. The van der Waals surface area contributed by atoms with Crippen LogP contribution in [-0.2, 0) is 4.79 Å². The molecule has 122 valence electrons. The molecule has 0 bridgehead atoms. The molecule has 0 radical (unpaired) electrons. The molecule has 3 heteroatoms. The summed E-state index contributed by atoms with van der Waals surface area (Å²) >= 11 is 5.81. The Morgan fingerprint density at radius 3 is 2.38 bits per heavy atom. The van der Waals surface area contributed by atoms with Crippen molar-refractivity contribution in [2.45, 2.75) is 78.2 Å². The second-order valence-corrected chi connectivity index (χ2v) is 8.45. The van der Waals surface area contributed by atoms with Crippen molar-refractivity contribution in [1.29, 1.82) is 0 Å². The van der Waals surface area contributed by atoms with Gasteiger partial charge in [0.05, 0.1) is 0 Å². The van der Waals surface area contributed by atoms with Crippen LogP contribution in [-0.4, -0.2) is 29.3 Å². The summed E-state index contributed by atoms with van der Waals surface area (Å²) in [5.74, 6) is 2.24.